The van der Waals surface area contributed by atoms with E-state index in [1.807, 2.05) is 63.2 Å². The van der Waals surface area contributed by atoms with Crippen LogP contribution in [0, 0.1) is 20.8 Å². The van der Waals surface area contributed by atoms with E-state index in [0.717, 1.165) is 27.1 Å². The first-order valence-corrected chi connectivity index (χ1v) is 8.78. The molecule has 144 valence electrons. The first-order chi connectivity index (χ1) is 13.4. The second kappa shape index (κ2) is 8.43. The van der Waals surface area contributed by atoms with Gasteiger partial charge in [-0.05, 0) is 43.2 Å². The van der Waals surface area contributed by atoms with Crippen LogP contribution in [-0.2, 0) is 20.9 Å². The number of benzene rings is 2. The molecule has 3 rings (SSSR count). The first-order valence-electron chi connectivity index (χ1n) is 8.78. The molecule has 0 aliphatic rings. The summed E-state index contributed by atoms with van der Waals surface area (Å²) < 4.78 is 5.00. The fourth-order valence-corrected chi connectivity index (χ4v) is 2.49. The Balaban J connectivity index is 1.51. The van der Waals surface area contributed by atoms with Crippen LogP contribution in [0.1, 0.15) is 16.7 Å². The molecule has 0 aliphatic heterocycles. The molecule has 3 aromatic rings. The van der Waals surface area contributed by atoms with Gasteiger partial charge in [0.25, 0.3) is 5.91 Å². The Morgan fingerprint density at radius 2 is 1.75 bits per heavy atom. The van der Waals surface area contributed by atoms with Crippen molar-refractivity contribution in [2.24, 2.45) is 0 Å². The van der Waals surface area contributed by atoms with Crippen LogP contribution in [0.3, 0.4) is 0 Å². The first kappa shape index (κ1) is 19.2. The second-order valence-corrected chi connectivity index (χ2v) is 6.54. The van der Waals surface area contributed by atoms with Crippen molar-refractivity contribution in [3.63, 3.8) is 0 Å². The van der Waals surface area contributed by atoms with Gasteiger partial charge in [0.1, 0.15) is 0 Å². The lowest BCUT2D eigenvalue weighted by Gasteiger charge is -2.09. The maximum Gasteiger partial charge on any atom is 0.330 e. The van der Waals surface area contributed by atoms with Gasteiger partial charge in [-0.25, -0.2) is 4.79 Å². The standard InChI is InChI=1S/C20H21N5O3/c1-13-5-8-16(9-6-13)20-22-24-25(23-20)11-19(27)28-12-18(26)21-17-10-14(2)4-7-15(17)3/h4-10H,11-12H2,1-3H3,(H,21,26). The summed E-state index contributed by atoms with van der Waals surface area (Å²) in [6, 6.07) is 13.4. The van der Waals surface area contributed by atoms with Crippen LogP contribution in [0.15, 0.2) is 42.5 Å². The third kappa shape index (κ3) is 5.00. The Kier molecular flexibility index (Phi) is 5.78. The van der Waals surface area contributed by atoms with Gasteiger partial charge in [0, 0.05) is 11.3 Å². The number of anilines is 1. The maximum atomic E-state index is 12.0. The van der Waals surface area contributed by atoms with E-state index in [4.69, 9.17) is 4.74 Å². The van der Waals surface area contributed by atoms with Gasteiger partial charge in [-0.1, -0.05) is 42.0 Å². The fraction of sp³-hybridized carbons (Fsp3) is 0.250. The van der Waals surface area contributed by atoms with Crippen molar-refractivity contribution >= 4 is 17.6 Å². The number of esters is 1. The molecule has 1 heterocycles. The summed E-state index contributed by atoms with van der Waals surface area (Å²) in [7, 11) is 0. The van der Waals surface area contributed by atoms with E-state index in [1.165, 1.54) is 0 Å². The average molecular weight is 379 g/mol. The summed E-state index contributed by atoms with van der Waals surface area (Å²) in [6.45, 7) is 5.20. The molecule has 2 aromatic carbocycles. The number of amides is 1. The fourth-order valence-electron chi connectivity index (χ4n) is 2.49. The minimum Gasteiger partial charge on any atom is -0.454 e. The van der Waals surface area contributed by atoms with Crippen molar-refractivity contribution in [2.45, 2.75) is 27.3 Å². The zero-order valence-corrected chi connectivity index (χ0v) is 16.0. The molecular weight excluding hydrogens is 358 g/mol. The molecular formula is C20H21N5O3. The van der Waals surface area contributed by atoms with Gasteiger partial charge in [-0.15, -0.1) is 10.2 Å². The molecule has 0 radical (unpaired) electrons. The zero-order chi connectivity index (χ0) is 20.1. The van der Waals surface area contributed by atoms with Crippen LogP contribution in [0.4, 0.5) is 5.69 Å². The van der Waals surface area contributed by atoms with E-state index in [1.54, 1.807) is 0 Å². The van der Waals surface area contributed by atoms with Gasteiger partial charge >= 0.3 is 5.97 Å². The summed E-state index contributed by atoms with van der Waals surface area (Å²) in [5, 5.41) is 14.7. The van der Waals surface area contributed by atoms with Crippen molar-refractivity contribution in [3.05, 3.63) is 59.2 Å². The van der Waals surface area contributed by atoms with E-state index in [-0.39, 0.29) is 13.2 Å². The van der Waals surface area contributed by atoms with Gasteiger partial charge in [0.2, 0.25) is 5.82 Å². The molecule has 1 N–H and O–H groups in total. The zero-order valence-electron chi connectivity index (χ0n) is 16.0. The van der Waals surface area contributed by atoms with Crippen LogP contribution in [0.5, 0.6) is 0 Å². The lowest BCUT2D eigenvalue weighted by atomic mass is 10.1. The van der Waals surface area contributed by atoms with E-state index in [2.05, 4.69) is 20.7 Å². The van der Waals surface area contributed by atoms with E-state index in [0.29, 0.717) is 11.5 Å². The monoisotopic (exact) mass is 379 g/mol. The van der Waals surface area contributed by atoms with Crippen LogP contribution >= 0.6 is 0 Å². The summed E-state index contributed by atoms with van der Waals surface area (Å²) in [6.07, 6.45) is 0. The molecule has 0 saturated carbocycles. The second-order valence-electron chi connectivity index (χ2n) is 6.54. The minimum absolute atomic E-state index is 0.227. The predicted octanol–water partition coefficient (Wildman–Crippen LogP) is 2.45. The highest BCUT2D eigenvalue weighted by molar-refractivity contribution is 5.93. The Labute approximate surface area is 162 Å². The lowest BCUT2D eigenvalue weighted by Crippen LogP contribution is -2.24. The van der Waals surface area contributed by atoms with Gasteiger partial charge in [0.15, 0.2) is 13.2 Å². The average Bonchev–Trinajstić information content (AvgIpc) is 3.12. The third-order valence-electron chi connectivity index (χ3n) is 4.06. The van der Waals surface area contributed by atoms with Crippen molar-refractivity contribution < 1.29 is 14.3 Å². The molecule has 1 aromatic heterocycles. The van der Waals surface area contributed by atoms with Gasteiger partial charge in [-0.3, -0.25) is 4.79 Å². The van der Waals surface area contributed by atoms with Crippen LogP contribution in [0.2, 0.25) is 0 Å². The van der Waals surface area contributed by atoms with Crippen molar-refractivity contribution in [1.82, 2.24) is 20.2 Å². The molecule has 0 aliphatic carbocycles. The largest absolute Gasteiger partial charge is 0.454 e. The van der Waals surface area contributed by atoms with Crippen LogP contribution in [-0.4, -0.2) is 38.7 Å². The quantitative estimate of drug-likeness (QED) is 0.661. The smallest absolute Gasteiger partial charge is 0.330 e. The Morgan fingerprint density at radius 1 is 1.04 bits per heavy atom. The van der Waals surface area contributed by atoms with Gasteiger partial charge in [-0.2, -0.15) is 4.80 Å². The van der Waals surface area contributed by atoms with Crippen LogP contribution in [0.25, 0.3) is 11.4 Å². The topological polar surface area (TPSA) is 99.0 Å². The number of hydrogen-bond acceptors (Lipinski definition) is 6. The van der Waals surface area contributed by atoms with E-state index in [9.17, 15) is 9.59 Å². The van der Waals surface area contributed by atoms with E-state index < -0.39 is 11.9 Å². The van der Waals surface area contributed by atoms with Crippen molar-refractivity contribution in [3.8, 4) is 11.4 Å². The number of carbonyl (C=O) groups is 2. The molecule has 0 spiro atoms. The normalized spacial score (nSPS) is 10.5. The molecule has 28 heavy (non-hydrogen) atoms. The summed E-state index contributed by atoms with van der Waals surface area (Å²) in [4.78, 5) is 25.1. The predicted molar refractivity (Wildman–Crippen MR) is 103 cm³/mol. The molecule has 8 heteroatoms. The number of nitrogens with zero attached hydrogens (tertiary/aromatic N) is 4. The highest BCUT2D eigenvalue weighted by atomic mass is 16.5. The number of tetrazole rings is 1. The highest BCUT2D eigenvalue weighted by Gasteiger charge is 2.13. The third-order valence-corrected chi connectivity index (χ3v) is 4.06. The molecule has 0 saturated heterocycles. The van der Waals surface area contributed by atoms with E-state index >= 15 is 0 Å². The summed E-state index contributed by atoms with van der Waals surface area (Å²) in [5.41, 5.74) is 4.58. The number of ether oxygens (including phenoxy) is 1. The number of aryl methyl sites for hydroxylation is 3. The molecule has 1 amide bonds. The Bertz CT molecular complexity index is 995. The number of hydrogen-bond donors (Lipinski definition) is 1. The number of rotatable bonds is 6. The van der Waals surface area contributed by atoms with Gasteiger partial charge in [0.05, 0.1) is 0 Å². The molecule has 0 fully saturated rings. The SMILES string of the molecule is Cc1ccc(-c2nnn(CC(=O)OCC(=O)Nc3cc(C)ccc3C)n2)cc1. The maximum absolute atomic E-state index is 12.0. The van der Waals surface area contributed by atoms with Crippen LogP contribution < -0.4 is 5.32 Å². The molecule has 0 unspecified atom stereocenters. The highest BCUT2D eigenvalue weighted by Crippen LogP contribution is 2.16. The molecule has 0 atom stereocenters. The Hall–Kier alpha value is -3.55. The molecule has 8 nitrogen and oxygen atoms in total. The number of aromatic nitrogens is 4. The Morgan fingerprint density at radius 3 is 2.50 bits per heavy atom. The summed E-state index contributed by atoms with van der Waals surface area (Å²) in [5.74, 6) is -0.613. The molecule has 0 bridgehead atoms. The number of nitrogens with one attached hydrogen (secondary N) is 1. The minimum atomic E-state index is -0.621. The van der Waals surface area contributed by atoms with Crippen molar-refractivity contribution in [1.29, 1.82) is 0 Å². The lowest BCUT2D eigenvalue weighted by molar-refractivity contribution is -0.148. The van der Waals surface area contributed by atoms with Crippen molar-refractivity contribution in [2.75, 3.05) is 11.9 Å². The van der Waals surface area contributed by atoms with Gasteiger partial charge < -0.3 is 10.1 Å². The summed E-state index contributed by atoms with van der Waals surface area (Å²) >= 11 is 0. The number of carbonyl (C=O) groups excluding carboxylic acids is 2.